The van der Waals surface area contributed by atoms with Crippen molar-refractivity contribution in [2.75, 3.05) is 13.2 Å². The molecule has 0 spiro atoms. The van der Waals surface area contributed by atoms with E-state index in [1.54, 1.807) is 0 Å². The zero-order valence-electron chi connectivity index (χ0n) is 11.2. The van der Waals surface area contributed by atoms with Crippen molar-refractivity contribution in [2.24, 2.45) is 5.73 Å². The SMILES string of the molecule is NC1CCC(=O)N(CC2CCOc3ccccc32)C1=O. The fourth-order valence-electron chi connectivity index (χ4n) is 2.88. The first-order valence-corrected chi connectivity index (χ1v) is 6.98. The van der Waals surface area contributed by atoms with Crippen molar-refractivity contribution >= 4 is 11.8 Å². The Bertz CT molecular complexity index is 544. The molecule has 3 rings (SSSR count). The van der Waals surface area contributed by atoms with Crippen LogP contribution in [0.1, 0.15) is 30.7 Å². The topological polar surface area (TPSA) is 72.6 Å². The summed E-state index contributed by atoms with van der Waals surface area (Å²) in [6.07, 6.45) is 1.62. The summed E-state index contributed by atoms with van der Waals surface area (Å²) in [6.45, 7) is 1.02. The zero-order valence-corrected chi connectivity index (χ0v) is 11.2. The third-order valence-corrected chi connectivity index (χ3v) is 4.04. The van der Waals surface area contributed by atoms with Crippen LogP contribution in [-0.4, -0.2) is 35.9 Å². The first kappa shape index (κ1) is 13.1. The van der Waals surface area contributed by atoms with Gasteiger partial charge in [-0.25, -0.2) is 0 Å². The number of benzene rings is 1. The molecule has 0 aliphatic carbocycles. The molecule has 1 fully saturated rings. The van der Waals surface area contributed by atoms with Gasteiger partial charge in [-0.1, -0.05) is 18.2 Å². The number of carbonyl (C=O) groups is 2. The van der Waals surface area contributed by atoms with Gasteiger partial charge in [-0.05, 0) is 24.5 Å². The maximum atomic E-state index is 12.1. The van der Waals surface area contributed by atoms with Gasteiger partial charge >= 0.3 is 0 Å². The fraction of sp³-hybridized carbons (Fsp3) is 0.467. The lowest BCUT2D eigenvalue weighted by Gasteiger charge is -2.34. The Hall–Kier alpha value is -1.88. The number of hydrogen-bond donors (Lipinski definition) is 1. The molecule has 2 amide bonds. The van der Waals surface area contributed by atoms with Crippen molar-refractivity contribution in [3.63, 3.8) is 0 Å². The second-order valence-corrected chi connectivity index (χ2v) is 5.36. The summed E-state index contributed by atoms with van der Waals surface area (Å²) >= 11 is 0. The van der Waals surface area contributed by atoms with Gasteiger partial charge in [-0.15, -0.1) is 0 Å². The molecule has 2 aliphatic heterocycles. The summed E-state index contributed by atoms with van der Waals surface area (Å²) in [5.41, 5.74) is 6.83. The monoisotopic (exact) mass is 274 g/mol. The number of carbonyl (C=O) groups excluding carboxylic acids is 2. The van der Waals surface area contributed by atoms with E-state index in [1.165, 1.54) is 4.90 Å². The molecule has 1 aromatic rings. The van der Waals surface area contributed by atoms with Crippen molar-refractivity contribution < 1.29 is 14.3 Å². The largest absolute Gasteiger partial charge is 0.493 e. The number of amides is 2. The van der Waals surface area contributed by atoms with Crippen molar-refractivity contribution in [3.8, 4) is 5.75 Å². The molecule has 2 aliphatic rings. The molecular weight excluding hydrogens is 256 g/mol. The molecule has 0 radical (unpaired) electrons. The highest BCUT2D eigenvalue weighted by atomic mass is 16.5. The molecule has 2 atom stereocenters. The minimum atomic E-state index is -0.539. The first-order chi connectivity index (χ1) is 9.66. The Balaban J connectivity index is 1.81. The summed E-state index contributed by atoms with van der Waals surface area (Å²) in [6, 6.07) is 7.26. The lowest BCUT2D eigenvalue weighted by Crippen LogP contribution is -2.52. The highest BCUT2D eigenvalue weighted by Crippen LogP contribution is 2.34. The molecule has 106 valence electrons. The van der Waals surface area contributed by atoms with Gasteiger partial charge in [-0.3, -0.25) is 14.5 Å². The molecule has 0 saturated carbocycles. The third-order valence-electron chi connectivity index (χ3n) is 4.04. The van der Waals surface area contributed by atoms with E-state index in [9.17, 15) is 9.59 Å². The molecular formula is C15H18N2O3. The van der Waals surface area contributed by atoms with Crippen molar-refractivity contribution in [1.29, 1.82) is 0 Å². The summed E-state index contributed by atoms with van der Waals surface area (Å²) in [5.74, 6) is 0.633. The Morgan fingerprint density at radius 1 is 1.25 bits per heavy atom. The second-order valence-electron chi connectivity index (χ2n) is 5.36. The average Bonchev–Trinajstić information content (AvgIpc) is 2.48. The fourth-order valence-corrected chi connectivity index (χ4v) is 2.88. The highest BCUT2D eigenvalue weighted by Gasteiger charge is 2.34. The predicted octanol–water partition coefficient (Wildman–Crippen LogP) is 1.03. The van der Waals surface area contributed by atoms with Crippen molar-refractivity contribution in [3.05, 3.63) is 29.8 Å². The van der Waals surface area contributed by atoms with E-state index in [0.717, 1.165) is 17.7 Å². The number of ether oxygens (including phenoxy) is 1. The van der Waals surface area contributed by atoms with Crippen LogP contribution in [-0.2, 0) is 9.59 Å². The minimum absolute atomic E-state index is 0.110. The number of nitrogens with zero attached hydrogens (tertiary/aromatic N) is 1. The summed E-state index contributed by atoms with van der Waals surface area (Å²) in [5, 5.41) is 0. The Morgan fingerprint density at radius 3 is 2.90 bits per heavy atom. The standard InChI is InChI=1S/C15H18N2O3/c16-12-5-6-14(18)17(15(12)19)9-10-7-8-20-13-4-2-1-3-11(10)13/h1-4,10,12H,5-9,16H2. The lowest BCUT2D eigenvalue weighted by atomic mass is 9.91. The number of hydrogen-bond acceptors (Lipinski definition) is 4. The Kier molecular flexibility index (Phi) is 3.44. The van der Waals surface area contributed by atoms with Crippen LogP contribution in [0, 0.1) is 0 Å². The van der Waals surface area contributed by atoms with E-state index >= 15 is 0 Å². The highest BCUT2D eigenvalue weighted by molar-refractivity contribution is 6.00. The Labute approximate surface area is 117 Å². The van der Waals surface area contributed by atoms with Crippen LogP contribution < -0.4 is 10.5 Å². The molecule has 2 unspecified atom stereocenters. The molecule has 0 aromatic heterocycles. The zero-order chi connectivity index (χ0) is 14.1. The minimum Gasteiger partial charge on any atom is -0.493 e. The van der Waals surface area contributed by atoms with E-state index in [2.05, 4.69) is 0 Å². The quantitative estimate of drug-likeness (QED) is 0.818. The number of piperidine rings is 1. The van der Waals surface area contributed by atoms with E-state index in [4.69, 9.17) is 10.5 Å². The van der Waals surface area contributed by atoms with Gasteiger partial charge in [0, 0.05) is 18.9 Å². The maximum absolute atomic E-state index is 12.1. The molecule has 1 saturated heterocycles. The molecule has 5 heteroatoms. The predicted molar refractivity (Wildman–Crippen MR) is 73.2 cm³/mol. The van der Waals surface area contributed by atoms with Crippen LogP contribution in [0.5, 0.6) is 5.75 Å². The van der Waals surface area contributed by atoms with Gasteiger partial charge in [0.15, 0.2) is 0 Å². The van der Waals surface area contributed by atoms with E-state index < -0.39 is 6.04 Å². The van der Waals surface area contributed by atoms with E-state index in [0.29, 0.717) is 26.0 Å². The molecule has 5 nitrogen and oxygen atoms in total. The van der Waals surface area contributed by atoms with Crippen LogP contribution in [0.15, 0.2) is 24.3 Å². The lowest BCUT2D eigenvalue weighted by molar-refractivity contribution is -0.149. The molecule has 2 heterocycles. The second kappa shape index (κ2) is 5.25. The number of para-hydroxylation sites is 1. The smallest absolute Gasteiger partial charge is 0.246 e. The third kappa shape index (κ3) is 2.29. The van der Waals surface area contributed by atoms with Crippen LogP contribution in [0.2, 0.25) is 0 Å². The summed E-state index contributed by atoms with van der Waals surface area (Å²) in [7, 11) is 0. The molecule has 20 heavy (non-hydrogen) atoms. The van der Waals surface area contributed by atoms with Crippen LogP contribution in [0.25, 0.3) is 0 Å². The van der Waals surface area contributed by atoms with Gasteiger partial charge < -0.3 is 10.5 Å². The summed E-state index contributed by atoms with van der Waals surface area (Å²) < 4.78 is 5.60. The van der Waals surface area contributed by atoms with Crippen LogP contribution in [0.3, 0.4) is 0 Å². The van der Waals surface area contributed by atoms with Crippen LogP contribution >= 0.6 is 0 Å². The number of imide groups is 1. The number of fused-ring (bicyclic) bond motifs is 1. The first-order valence-electron chi connectivity index (χ1n) is 6.98. The number of likely N-dealkylation sites (tertiary alicyclic amines) is 1. The number of nitrogens with two attached hydrogens (primary N) is 1. The van der Waals surface area contributed by atoms with Crippen LogP contribution in [0.4, 0.5) is 0 Å². The Morgan fingerprint density at radius 2 is 2.05 bits per heavy atom. The van der Waals surface area contributed by atoms with E-state index in [-0.39, 0.29) is 17.7 Å². The molecule has 2 N–H and O–H groups in total. The van der Waals surface area contributed by atoms with Crippen molar-refractivity contribution in [1.82, 2.24) is 4.90 Å². The molecule has 0 bridgehead atoms. The number of rotatable bonds is 2. The van der Waals surface area contributed by atoms with Gasteiger partial charge in [0.05, 0.1) is 12.6 Å². The van der Waals surface area contributed by atoms with Gasteiger partial charge in [0.25, 0.3) is 0 Å². The van der Waals surface area contributed by atoms with Gasteiger partial charge in [0.2, 0.25) is 11.8 Å². The van der Waals surface area contributed by atoms with E-state index in [1.807, 2.05) is 24.3 Å². The maximum Gasteiger partial charge on any atom is 0.246 e. The van der Waals surface area contributed by atoms with Gasteiger partial charge in [-0.2, -0.15) is 0 Å². The summed E-state index contributed by atoms with van der Waals surface area (Å²) in [4.78, 5) is 25.4. The molecule has 1 aromatic carbocycles. The normalized spacial score (nSPS) is 26.1. The van der Waals surface area contributed by atoms with Crippen molar-refractivity contribution in [2.45, 2.75) is 31.2 Å². The van der Waals surface area contributed by atoms with Gasteiger partial charge in [0.1, 0.15) is 5.75 Å². The average molecular weight is 274 g/mol.